The normalized spacial score (nSPS) is 12.9. The molecule has 0 saturated carbocycles. The first-order valence-electron chi connectivity index (χ1n) is 9.77. The fourth-order valence-corrected chi connectivity index (χ4v) is 4.82. The van der Waals surface area contributed by atoms with Gasteiger partial charge in [-0.2, -0.15) is 0 Å². The van der Waals surface area contributed by atoms with E-state index in [1.165, 1.54) is 6.20 Å². The van der Waals surface area contributed by atoms with E-state index in [4.69, 9.17) is 0 Å². The molecule has 0 radical (unpaired) electrons. The fraction of sp³-hybridized carbons (Fsp3) is 0.250. The van der Waals surface area contributed by atoms with Crippen molar-refractivity contribution in [1.82, 2.24) is 10.3 Å². The van der Waals surface area contributed by atoms with Crippen LogP contribution in [0.5, 0.6) is 0 Å². The molecule has 3 aromatic rings. The average Bonchev–Trinajstić information content (AvgIpc) is 2.74. The molecule has 30 heavy (non-hydrogen) atoms. The Balaban J connectivity index is 1.83. The van der Waals surface area contributed by atoms with Crippen LogP contribution in [0.1, 0.15) is 47.5 Å². The lowest BCUT2D eigenvalue weighted by Gasteiger charge is -2.20. The van der Waals surface area contributed by atoms with Crippen LogP contribution in [0.3, 0.4) is 0 Å². The van der Waals surface area contributed by atoms with Gasteiger partial charge in [0.25, 0.3) is 5.91 Å². The number of carbonyl (C=O) groups is 1. The third-order valence-corrected chi connectivity index (χ3v) is 7.08. The molecule has 6 heteroatoms. The maximum Gasteiger partial charge on any atom is 0.251 e. The minimum absolute atomic E-state index is 0.00975. The predicted octanol–water partition coefficient (Wildman–Crippen LogP) is 4.32. The number of nitrogens with one attached hydrogen (secondary N) is 1. The molecule has 1 N–H and O–H groups in total. The molecule has 0 spiro atoms. The third-order valence-electron chi connectivity index (χ3n) is 4.96. The number of pyridine rings is 1. The molecule has 0 fully saturated rings. The Morgan fingerprint density at radius 2 is 1.63 bits per heavy atom. The van der Waals surface area contributed by atoms with Gasteiger partial charge >= 0.3 is 0 Å². The summed E-state index contributed by atoms with van der Waals surface area (Å²) in [5, 5.41) is 1.85. The Labute approximate surface area is 178 Å². The zero-order valence-corrected chi connectivity index (χ0v) is 18.2. The Morgan fingerprint density at radius 1 is 0.967 bits per heavy atom. The van der Waals surface area contributed by atoms with Crippen LogP contribution >= 0.6 is 0 Å². The number of amides is 1. The molecule has 0 bridgehead atoms. The topological polar surface area (TPSA) is 76.1 Å². The molecular formula is C24H26N2O3S. The fourth-order valence-electron chi connectivity index (χ4n) is 3.16. The Bertz CT molecular complexity index is 1090. The van der Waals surface area contributed by atoms with E-state index in [1.54, 1.807) is 60.8 Å². The van der Waals surface area contributed by atoms with Crippen molar-refractivity contribution >= 4 is 15.7 Å². The van der Waals surface area contributed by atoms with Gasteiger partial charge in [0.05, 0.1) is 4.90 Å². The van der Waals surface area contributed by atoms with Crippen LogP contribution < -0.4 is 5.32 Å². The number of aromatic nitrogens is 1. The maximum absolute atomic E-state index is 13.3. The number of rotatable bonds is 6. The van der Waals surface area contributed by atoms with E-state index < -0.39 is 15.1 Å². The Morgan fingerprint density at radius 3 is 2.20 bits per heavy atom. The molecule has 156 valence electrons. The lowest BCUT2D eigenvalue weighted by Crippen LogP contribution is -2.32. The van der Waals surface area contributed by atoms with Crippen LogP contribution in [0.4, 0.5) is 0 Å². The van der Waals surface area contributed by atoms with Gasteiger partial charge in [-0.3, -0.25) is 9.78 Å². The number of nitrogens with zero attached hydrogens (tertiary/aromatic N) is 1. The summed E-state index contributed by atoms with van der Waals surface area (Å²) in [7, 11) is -3.71. The van der Waals surface area contributed by atoms with Crippen molar-refractivity contribution in [2.24, 2.45) is 0 Å². The van der Waals surface area contributed by atoms with Crippen molar-refractivity contribution in [2.75, 3.05) is 6.54 Å². The van der Waals surface area contributed by atoms with Crippen molar-refractivity contribution < 1.29 is 13.2 Å². The monoisotopic (exact) mass is 422 g/mol. The number of hydrogen-bond donors (Lipinski definition) is 1. The molecule has 1 amide bonds. The highest BCUT2D eigenvalue weighted by Gasteiger charge is 2.30. The first-order valence-corrected chi connectivity index (χ1v) is 11.3. The van der Waals surface area contributed by atoms with E-state index in [-0.39, 0.29) is 22.8 Å². The molecule has 0 unspecified atom stereocenters. The van der Waals surface area contributed by atoms with E-state index >= 15 is 0 Å². The lowest BCUT2D eigenvalue weighted by molar-refractivity contribution is 0.0953. The second kappa shape index (κ2) is 8.79. The van der Waals surface area contributed by atoms with Gasteiger partial charge in [-0.05, 0) is 46.9 Å². The van der Waals surface area contributed by atoms with Crippen LogP contribution in [-0.4, -0.2) is 25.9 Å². The van der Waals surface area contributed by atoms with Gasteiger partial charge in [0.15, 0.2) is 9.84 Å². The lowest BCUT2D eigenvalue weighted by atomic mass is 9.87. The van der Waals surface area contributed by atoms with Gasteiger partial charge < -0.3 is 5.32 Å². The number of benzene rings is 2. The largest absolute Gasteiger partial charge is 0.350 e. The highest BCUT2D eigenvalue weighted by Crippen LogP contribution is 2.28. The summed E-state index contributed by atoms with van der Waals surface area (Å²) in [5.74, 6) is -0.312. The Hall–Kier alpha value is -2.99. The molecule has 0 aliphatic carbocycles. The summed E-state index contributed by atoms with van der Waals surface area (Å²) < 4.78 is 26.5. The number of sulfone groups is 1. The smallest absolute Gasteiger partial charge is 0.251 e. The molecule has 0 aliphatic heterocycles. The molecule has 2 aromatic carbocycles. The minimum atomic E-state index is -3.71. The first-order chi connectivity index (χ1) is 14.2. The van der Waals surface area contributed by atoms with Crippen LogP contribution in [0.2, 0.25) is 0 Å². The highest BCUT2D eigenvalue weighted by molar-refractivity contribution is 7.91. The molecule has 3 rings (SSSR count). The summed E-state index contributed by atoms with van der Waals surface area (Å²) >= 11 is 0. The van der Waals surface area contributed by atoms with Crippen LogP contribution in [-0.2, 0) is 15.3 Å². The standard InChI is InChI=1S/C24H26N2O3S/c1-24(2,3)20-13-11-18(12-14-20)23(27)26-17-22(19-8-7-15-25-16-19)30(28,29)21-9-5-4-6-10-21/h4-16,22H,17H2,1-3H3,(H,26,27)/t22-/m1/s1. The zero-order valence-electron chi connectivity index (χ0n) is 17.4. The van der Waals surface area contributed by atoms with Crippen LogP contribution in [0.15, 0.2) is 84.0 Å². The van der Waals surface area contributed by atoms with Crippen LogP contribution in [0, 0.1) is 0 Å². The number of carbonyl (C=O) groups excluding carboxylic acids is 1. The summed E-state index contributed by atoms with van der Waals surface area (Å²) in [6.07, 6.45) is 3.11. The van der Waals surface area contributed by atoms with E-state index in [9.17, 15) is 13.2 Å². The second-order valence-corrected chi connectivity index (χ2v) is 10.3. The van der Waals surface area contributed by atoms with E-state index in [0.29, 0.717) is 11.1 Å². The third kappa shape index (κ3) is 4.94. The van der Waals surface area contributed by atoms with Crippen LogP contribution in [0.25, 0.3) is 0 Å². The summed E-state index contributed by atoms with van der Waals surface area (Å²) in [5.41, 5.74) is 2.14. The summed E-state index contributed by atoms with van der Waals surface area (Å²) in [4.78, 5) is 16.9. The van der Waals surface area contributed by atoms with Gasteiger partial charge in [-0.1, -0.05) is 57.2 Å². The van der Waals surface area contributed by atoms with Crippen molar-refractivity contribution in [2.45, 2.75) is 36.3 Å². The van der Waals surface area contributed by atoms with Gasteiger partial charge in [-0.25, -0.2) is 8.42 Å². The van der Waals surface area contributed by atoms with Gasteiger partial charge in [-0.15, -0.1) is 0 Å². The molecule has 1 atom stereocenters. The maximum atomic E-state index is 13.3. The summed E-state index contributed by atoms with van der Waals surface area (Å²) in [6.45, 7) is 6.27. The molecule has 1 heterocycles. The molecule has 5 nitrogen and oxygen atoms in total. The van der Waals surface area contributed by atoms with Crippen molar-refractivity contribution in [3.05, 3.63) is 95.8 Å². The molecule has 0 saturated heterocycles. The number of hydrogen-bond acceptors (Lipinski definition) is 4. The van der Waals surface area contributed by atoms with Crippen molar-refractivity contribution in [1.29, 1.82) is 0 Å². The second-order valence-electron chi connectivity index (χ2n) is 8.17. The SMILES string of the molecule is CC(C)(C)c1ccc(C(=O)NC[C@H](c2cccnc2)S(=O)(=O)c2ccccc2)cc1. The molecular weight excluding hydrogens is 396 g/mol. The Kier molecular flexibility index (Phi) is 6.37. The molecule has 0 aliphatic rings. The van der Waals surface area contributed by atoms with Gasteiger partial charge in [0.1, 0.15) is 5.25 Å². The van der Waals surface area contributed by atoms with Gasteiger partial charge in [0.2, 0.25) is 0 Å². The highest BCUT2D eigenvalue weighted by atomic mass is 32.2. The minimum Gasteiger partial charge on any atom is -0.350 e. The van der Waals surface area contributed by atoms with Gasteiger partial charge in [0, 0.05) is 24.5 Å². The predicted molar refractivity (Wildman–Crippen MR) is 118 cm³/mol. The van der Waals surface area contributed by atoms with Crippen molar-refractivity contribution in [3.63, 3.8) is 0 Å². The first kappa shape index (κ1) is 21.7. The average molecular weight is 423 g/mol. The molecule has 1 aromatic heterocycles. The summed E-state index contributed by atoms with van der Waals surface area (Å²) in [6, 6.07) is 19.0. The van der Waals surface area contributed by atoms with E-state index in [2.05, 4.69) is 31.1 Å². The van der Waals surface area contributed by atoms with Crippen molar-refractivity contribution in [3.8, 4) is 0 Å². The van der Waals surface area contributed by atoms with E-state index in [1.807, 2.05) is 12.1 Å². The zero-order chi connectivity index (χ0) is 21.8. The van der Waals surface area contributed by atoms with E-state index in [0.717, 1.165) is 5.56 Å². The quantitative estimate of drug-likeness (QED) is 0.642.